The number of amides is 1. The Kier molecular flexibility index (Phi) is 3.91. The molecule has 1 aliphatic rings. The fourth-order valence-electron chi connectivity index (χ4n) is 3.38. The highest BCUT2D eigenvalue weighted by atomic mass is 16.5. The minimum absolute atomic E-state index is 0.00915. The molecular formula is C18H17N5O4. The SMILES string of the molecule is COc1ccc([C@@H]2CC(=O)Nc3c2c(C)nn3-c2ccc(=O)[nH]n2)cc1O. The largest absolute Gasteiger partial charge is 0.504 e. The summed E-state index contributed by atoms with van der Waals surface area (Å²) in [6, 6.07) is 7.96. The summed E-state index contributed by atoms with van der Waals surface area (Å²) in [5.74, 6) is 0.815. The zero-order valence-corrected chi connectivity index (χ0v) is 14.7. The van der Waals surface area contributed by atoms with Gasteiger partial charge in [0.25, 0.3) is 5.56 Å². The van der Waals surface area contributed by atoms with E-state index < -0.39 is 0 Å². The second-order valence-electron chi connectivity index (χ2n) is 6.28. The number of aromatic nitrogens is 4. The zero-order chi connectivity index (χ0) is 19.1. The normalized spacial score (nSPS) is 15.9. The van der Waals surface area contributed by atoms with Crippen molar-refractivity contribution >= 4 is 11.7 Å². The molecule has 0 unspecified atom stereocenters. The molecule has 3 heterocycles. The number of carbonyl (C=O) groups excluding carboxylic acids is 1. The van der Waals surface area contributed by atoms with Crippen molar-refractivity contribution in [3.05, 3.63) is 57.5 Å². The molecule has 1 atom stereocenters. The number of H-pyrrole nitrogens is 1. The van der Waals surface area contributed by atoms with Gasteiger partial charge in [-0.1, -0.05) is 6.07 Å². The van der Waals surface area contributed by atoms with Gasteiger partial charge in [0.15, 0.2) is 17.3 Å². The Morgan fingerprint density at radius 2 is 2.07 bits per heavy atom. The van der Waals surface area contributed by atoms with Crippen LogP contribution in [0.5, 0.6) is 11.5 Å². The van der Waals surface area contributed by atoms with Crippen LogP contribution in [0, 0.1) is 6.92 Å². The van der Waals surface area contributed by atoms with Crippen molar-refractivity contribution in [3.63, 3.8) is 0 Å². The molecule has 1 aliphatic heterocycles. The smallest absolute Gasteiger partial charge is 0.264 e. The van der Waals surface area contributed by atoms with E-state index in [1.807, 2.05) is 13.0 Å². The summed E-state index contributed by atoms with van der Waals surface area (Å²) in [5, 5.41) is 23.8. The van der Waals surface area contributed by atoms with Gasteiger partial charge in [-0.25, -0.2) is 5.10 Å². The average Bonchev–Trinajstić information content (AvgIpc) is 2.98. The van der Waals surface area contributed by atoms with Gasteiger partial charge in [0.05, 0.1) is 12.8 Å². The predicted molar refractivity (Wildman–Crippen MR) is 96.5 cm³/mol. The minimum atomic E-state index is -0.327. The van der Waals surface area contributed by atoms with Gasteiger partial charge in [-0.15, -0.1) is 0 Å². The summed E-state index contributed by atoms with van der Waals surface area (Å²) in [7, 11) is 1.48. The number of ether oxygens (including phenoxy) is 1. The molecule has 0 saturated heterocycles. The van der Waals surface area contributed by atoms with Gasteiger partial charge < -0.3 is 15.2 Å². The Bertz CT molecular complexity index is 1080. The van der Waals surface area contributed by atoms with Crippen LogP contribution in [0.2, 0.25) is 0 Å². The molecule has 2 aromatic heterocycles. The number of aromatic amines is 1. The molecule has 27 heavy (non-hydrogen) atoms. The van der Waals surface area contributed by atoms with Crippen LogP contribution in [0.1, 0.15) is 29.2 Å². The number of benzene rings is 1. The molecule has 0 fully saturated rings. The van der Waals surface area contributed by atoms with Crippen LogP contribution < -0.4 is 15.6 Å². The number of nitrogens with one attached hydrogen (secondary N) is 2. The van der Waals surface area contributed by atoms with Crippen LogP contribution in [0.4, 0.5) is 5.82 Å². The highest BCUT2D eigenvalue weighted by Gasteiger charge is 2.33. The molecule has 0 saturated carbocycles. The number of methoxy groups -OCH3 is 1. The molecule has 138 valence electrons. The van der Waals surface area contributed by atoms with E-state index >= 15 is 0 Å². The number of phenolic OH excluding ortho intramolecular Hbond substituents is 1. The number of anilines is 1. The summed E-state index contributed by atoms with van der Waals surface area (Å²) >= 11 is 0. The van der Waals surface area contributed by atoms with Gasteiger partial charge in [0.1, 0.15) is 5.82 Å². The van der Waals surface area contributed by atoms with E-state index in [9.17, 15) is 14.7 Å². The number of rotatable bonds is 3. The first-order valence-corrected chi connectivity index (χ1v) is 8.30. The molecule has 9 heteroatoms. The standard InChI is InChI=1S/C18H17N5O4/c1-9-17-11(10-3-4-13(27-2)12(24)7-10)8-16(26)19-18(17)23(22-9)14-5-6-15(25)21-20-14/h3-7,11,24H,8H2,1-2H3,(H,19,26)(H,21,25)/t11-/m0/s1. The van der Waals surface area contributed by atoms with Crippen molar-refractivity contribution in [2.75, 3.05) is 12.4 Å². The monoisotopic (exact) mass is 367 g/mol. The highest BCUT2D eigenvalue weighted by molar-refractivity contribution is 5.95. The summed E-state index contributed by atoms with van der Waals surface area (Å²) in [5.41, 5.74) is 2.01. The Labute approximate surface area is 153 Å². The number of nitrogens with zero attached hydrogens (tertiary/aromatic N) is 3. The summed E-state index contributed by atoms with van der Waals surface area (Å²) in [6.45, 7) is 1.84. The van der Waals surface area contributed by atoms with Crippen LogP contribution in [-0.4, -0.2) is 38.1 Å². The Balaban J connectivity index is 1.85. The second-order valence-corrected chi connectivity index (χ2v) is 6.28. The number of fused-ring (bicyclic) bond motifs is 1. The van der Waals surface area contributed by atoms with Gasteiger partial charge in [-0.3, -0.25) is 9.59 Å². The Hall–Kier alpha value is -3.62. The maximum Gasteiger partial charge on any atom is 0.264 e. The first kappa shape index (κ1) is 16.8. The van der Waals surface area contributed by atoms with Crippen LogP contribution >= 0.6 is 0 Å². The highest BCUT2D eigenvalue weighted by Crippen LogP contribution is 2.41. The van der Waals surface area contributed by atoms with Crippen molar-refractivity contribution in [1.82, 2.24) is 20.0 Å². The van der Waals surface area contributed by atoms with Crippen LogP contribution in [0.25, 0.3) is 5.82 Å². The number of hydrogen-bond donors (Lipinski definition) is 3. The predicted octanol–water partition coefficient (Wildman–Crippen LogP) is 1.45. The summed E-state index contributed by atoms with van der Waals surface area (Å²) in [6.07, 6.45) is 0.227. The lowest BCUT2D eigenvalue weighted by Gasteiger charge is -2.24. The number of hydrogen-bond acceptors (Lipinski definition) is 6. The molecule has 0 bridgehead atoms. The lowest BCUT2D eigenvalue weighted by atomic mass is 9.85. The van der Waals surface area contributed by atoms with E-state index in [1.165, 1.54) is 23.9 Å². The third-order valence-corrected chi connectivity index (χ3v) is 4.59. The van der Waals surface area contributed by atoms with Gasteiger partial charge >= 0.3 is 0 Å². The van der Waals surface area contributed by atoms with Crippen LogP contribution in [0.15, 0.2) is 35.1 Å². The van der Waals surface area contributed by atoms with Crippen molar-refractivity contribution in [2.45, 2.75) is 19.3 Å². The molecule has 1 amide bonds. The molecular weight excluding hydrogens is 350 g/mol. The average molecular weight is 367 g/mol. The quantitative estimate of drug-likeness (QED) is 0.644. The lowest BCUT2D eigenvalue weighted by Crippen LogP contribution is -2.25. The van der Waals surface area contributed by atoms with Gasteiger partial charge in [0.2, 0.25) is 5.91 Å². The molecule has 4 rings (SSSR count). The fourth-order valence-corrected chi connectivity index (χ4v) is 3.38. The fraction of sp³-hybridized carbons (Fsp3) is 0.222. The molecule has 3 aromatic rings. The molecule has 0 spiro atoms. The summed E-state index contributed by atoms with van der Waals surface area (Å²) in [4.78, 5) is 23.6. The first-order valence-electron chi connectivity index (χ1n) is 8.30. The first-order chi connectivity index (χ1) is 13.0. The number of aryl methyl sites for hydroxylation is 1. The van der Waals surface area contributed by atoms with Gasteiger partial charge in [0, 0.05) is 24.0 Å². The minimum Gasteiger partial charge on any atom is -0.504 e. The zero-order valence-electron chi connectivity index (χ0n) is 14.7. The number of aromatic hydroxyl groups is 1. The number of phenols is 1. The van der Waals surface area contributed by atoms with E-state index in [0.717, 1.165) is 16.8 Å². The van der Waals surface area contributed by atoms with Gasteiger partial charge in [-0.2, -0.15) is 14.9 Å². The summed E-state index contributed by atoms with van der Waals surface area (Å²) < 4.78 is 6.58. The van der Waals surface area contributed by atoms with E-state index in [4.69, 9.17) is 4.74 Å². The van der Waals surface area contributed by atoms with Gasteiger partial charge in [-0.05, 0) is 30.7 Å². The van der Waals surface area contributed by atoms with E-state index in [1.54, 1.807) is 12.1 Å². The second kappa shape index (κ2) is 6.27. The topological polar surface area (TPSA) is 122 Å². The Morgan fingerprint density at radius 1 is 1.26 bits per heavy atom. The van der Waals surface area contributed by atoms with E-state index in [2.05, 4.69) is 20.6 Å². The Morgan fingerprint density at radius 3 is 2.74 bits per heavy atom. The number of carbonyl (C=O) groups is 1. The van der Waals surface area contributed by atoms with E-state index in [-0.39, 0.29) is 29.6 Å². The third kappa shape index (κ3) is 2.82. The van der Waals surface area contributed by atoms with Crippen molar-refractivity contribution in [1.29, 1.82) is 0 Å². The maximum atomic E-state index is 12.3. The van der Waals surface area contributed by atoms with Crippen molar-refractivity contribution < 1.29 is 14.6 Å². The molecule has 0 aliphatic carbocycles. The maximum absolute atomic E-state index is 12.3. The van der Waals surface area contributed by atoms with Crippen LogP contribution in [-0.2, 0) is 4.79 Å². The molecule has 9 nitrogen and oxygen atoms in total. The van der Waals surface area contributed by atoms with Crippen molar-refractivity contribution in [3.8, 4) is 17.3 Å². The molecule has 1 aromatic carbocycles. The molecule has 3 N–H and O–H groups in total. The lowest BCUT2D eigenvalue weighted by molar-refractivity contribution is -0.116. The third-order valence-electron chi connectivity index (χ3n) is 4.59. The molecule has 0 radical (unpaired) electrons. The van der Waals surface area contributed by atoms with Crippen molar-refractivity contribution in [2.24, 2.45) is 0 Å². The van der Waals surface area contributed by atoms with Crippen LogP contribution in [0.3, 0.4) is 0 Å². The van der Waals surface area contributed by atoms with E-state index in [0.29, 0.717) is 17.4 Å².